The van der Waals surface area contributed by atoms with Gasteiger partial charge in [-0.05, 0) is 123 Å². The van der Waals surface area contributed by atoms with Gasteiger partial charge in [-0.2, -0.15) is 0 Å². The molecule has 0 unspecified atom stereocenters. The van der Waals surface area contributed by atoms with Crippen molar-refractivity contribution in [3.05, 3.63) is 170 Å². The summed E-state index contributed by atoms with van der Waals surface area (Å²) >= 11 is 0. The molecule has 0 saturated heterocycles. The lowest BCUT2D eigenvalue weighted by molar-refractivity contribution is 1.58. The molecule has 9 aromatic carbocycles. The maximum atomic E-state index is 2.48. The van der Waals surface area contributed by atoms with Crippen molar-refractivity contribution in [2.45, 2.75) is 0 Å². The first-order valence-corrected chi connectivity index (χ1v) is 16.0. The summed E-state index contributed by atoms with van der Waals surface area (Å²) in [5, 5.41) is 10.4. The molecule has 0 fully saturated rings. The van der Waals surface area contributed by atoms with Crippen molar-refractivity contribution in [3.8, 4) is 55.6 Å². The first-order valence-electron chi connectivity index (χ1n) is 16.0. The fourth-order valence-electron chi connectivity index (χ4n) is 7.95. The third-order valence-electron chi connectivity index (χ3n) is 9.97. The van der Waals surface area contributed by atoms with Crippen molar-refractivity contribution < 1.29 is 0 Å². The Kier molecular flexibility index (Phi) is 5.38. The van der Waals surface area contributed by atoms with E-state index in [2.05, 4.69) is 170 Å². The van der Waals surface area contributed by atoms with Crippen LogP contribution >= 0.6 is 0 Å². The fraction of sp³-hybridized carbons (Fsp3) is 0. The zero-order chi connectivity index (χ0) is 30.2. The summed E-state index contributed by atoms with van der Waals surface area (Å²) in [7, 11) is 0. The van der Waals surface area contributed by atoms with E-state index < -0.39 is 0 Å². The first-order chi connectivity index (χ1) is 22.8. The van der Waals surface area contributed by atoms with Crippen molar-refractivity contribution in [1.29, 1.82) is 0 Å². The summed E-state index contributed by atoms with van der Waals surface area (Å²) in [6.45, 7) is 0. The van der Waals surface area contributed by atoms with E-state index in [0.29, 0.717) is 0 Å². The molecule has 0 saturated carbocycles. The van der Waals surface area contributed by atoms with Gasteiger partial charge in [0.25, 0.3) is 0 Å². The van der Waals surface area contributed by atoms with E-state index in [4.69, 9.17) is 0 Å². The van der Waals surface area contributed by atoms with E-state index in [9.17, 15) is 0 Å². The smallest absolute Gasteiger partial charge is 0.00199 e. The normalized spacial score (nSPS) is 11.9. The van der Waals surface area contributed by atoms with Gasteiger partial charge in [-0.1, -0.05) is 146 Å². The minimum Gasteiger partial charge on any atom is -0.0622 e. The molecule has 9 aromatic rings. The first kappa shape index (κ1) is 25.4. The fourth-order valence-corrected chi connectivity index (χ4v) is 7.95. The van der Waals surface area contributed by atoms with Crippen molar-refractivity contribution in [3.63, 3.8) is 0 Å². The number of hydrogen-bond acceptors (Lipinski definition) is 0. The molecule has 0 spiro atoms. The van der Waals surface area contributed by atoms with Crippen LogP contribution in [0.15, 0.2) is 170 Å². The van der Waals surface area contributed by atoms with Gasteiger partial charge >= 0.3 is 0 Å². The Hall–Kier alpha value is -5.98. The molecule has 46 heavy (non-hydrogen) atoms. The summed E-state index contributed by atoms with van der Waals surface area (Å²) in [4.78, 5) is 0. The van der Waals surface area contributed by atoms with E-state index in [-0.39, 0.29) is 0 Å². The monoisotopic (exact) mass is 580 g/mol. The van der Waals surface area contributed by atoms with Crippen LogP contribution in [-0.2, 0) is 0 Å². The van der Waals surface area contributed by atoms with E-state index in [1.165, 1.54) is 98.7 Å². The number of rotatable bonds is 3. The molecular weight excluding hydrogens is 553 g/mol. The maximum absolute atomic E-state index is 2.48. The van der Waals surface area contributed by atoms with Crippen molar-refractivity contribution in [2.75, 3.05) is 0 Å². The third-order valence-corrected chi connectivity index (χ3v) is 9.97. The average molecular weight is 581 g/mol. The minimum absolute atomic E-state index is 1.22. The molecule has 0 heteroatoms. The quantitative estimate of drug-likeness (QED) is 0.182. The molecular formula is C46H28. The summed E-state index contributed by atoms with van der Waals surface area (Å²) in [6, 6.07) is 62.8. The summed E-state index contributed by atoms with van der Waals surface area (Å²) in [5.41, 5.74) is 12.8. The van der Waals surface area contributed by atoms with Gasteiger partial charge in [0.1, 0.15) is 0 Å². The van der Waals surface area contributed by atoms with E-state index in [0.717, 1.165) is 0 Å². The average Bonchev–Trinajstić information content (AvgIpc) is 3.44. The Morgan fingerprint density at radius 2 is 0.717 bits per heavy atom. The van der Waals surface area contributed by atoms with E-state index in [1.54, 1.807) is 0 Å². The van der Waals surface area contributed by atoms with Crippen LogP contribution < -0.4 is 0 Å². The second kappa shape index (κ2) is 9.76. The highest BCUT2D eigenvalue weighted by Crippen LogP contribution is 2.53. The van der Waals surface area contributed by atoms with Crippen LogP contribution in [0.2, 0.25) is 0 Å². The highest BCUT2D eigenvalue weighted by atomic mass is 14.3. The van der Waals surface area contributed by atoms with Gasteiger partial charge in [-0.15, -0.1) is 0 Å². The topological polar surface area (TPSA) is 0 Å². The van der Waals surface area contributed by atoms with Crippen LogP contribution in [0.4, 0.5) is 0 Å². The molecule has 0 bridgehead atoms. The van der Waals surface area contributed by atoms with Crippen LogP contribution in [0, 0.1) is 0 Å². The van der Waals surface area contributed by atoms with Gasteiger partial charge in [0.2, 0.25) is 0 Å². The second-order valence-corrected chi connectivity index (χ2v) is 12.4. The predicted molar refractivity (Wildman–Crippen MR) is 197 cm³/mol. The molecule has 10 rings (SSSR count). The molecule has 0 heterocycles. The Labute approximate surface area is 267 Å². The molecule has 0 radical (unpaired) electrons. The van der Waals surface area contributed by atoms with Crippen molar-refractivity contribution >= 4 is 43.1 Å². The van der Waals surface area contributed by atoms with E-state index >= 15 is 0 Å². The molecule has 0 aromatic heterocycles. The van der Waals surface area contributed by atoms with Crippen LogP contribution in [0.25, 0.3) is 98.7 Å². The van der Waals surface area contributed by atoms with Gasteiger partial charge in [0, 0.05) is 0 Å². The lowest BCUT2D eigenvalue weighted by Crippen LogP contribution is -1.93. The zero-order valence-corrected chi connectivity index (χ0v) is 25.2. The number of hydrogen-bond donors (Lipinski definition) is 0. The molecule has 1 aliphatic rings. The van der Waals surface area contributed by atoms with Gasteiger partial charge in [0.15, 0.2) is 0 Å². The third kappa shape index (κ3) is 3.62. The second-order valence-electron chi connectivity index (χ2n) is 12.4. The molecule has 0 atom stereocenters. The molecule has 0 amide bonds. The van der Waals surface area contributed by atoms with Gasteiger partial charge < -0.3 is 0 Å². The molecule has 212 valence electrons. The minimum atomic E-state index is 1.22. The summed E-state index contributed by atoms with van der Waals surface area (Å²) in [6.07, 6.45) is 0. The summed E-state index contributed by atoms with van der Waals surface area (Å²) < 4.78 is 0. The zero-order valence-electron chi connectivity index (χ0n) is 25.2. The highest BCUT2D eigenvalue weighted by Gasteiger charge is 2.25. The van der Waals surface area contributed by atoms with Crippen molar-refractivity contribution in [1.82, 2.24) is 0 Å². The Balaban J connectivity index is 1.36. The van der Waals surface area contributed by atoms with Gasteiger partial charge in [-0.3, -0.25) is 0 Å². The Bertz CT molecular complexity index is 2600. The van der Waals surface area contributed by atoms with Crippen molar-refractivity contribution in [2.24, 2.45) is 0 Å². The Morgan fingerprint density at radius 1 is 0.239 bits per heavy atom. The van der Waals surface area contributed by atoms with Crippen LogP contribution in [-0.4, -0.2) is 0 Å². The largest absolute Gasteiger partial charge is 0.0622 e. The van der Waals surface area contributed by atoms with Crippen LogP contribution in [0.1, 0.15) is 0 Å². The number of benzene rings is 9. The number of fused-ring (bicyclic) bond motifs is 8. The van der Waals surface area contributed by atoms with Gasteiger partial charge in [-0.25, -0.2) is 0 Å². The molecule has 0 aliphatic heterocycles. The lowest BCUT2D eigenvalue weighted by Gasteiger charge is -2.20. The predicted octanol–water partition coefficient (Wildman–Crippen LogP) is 12.9. The standard InChI is InChI=1S/C46H28/c1-3-13-29(14-4-1)33-21-11-22-34(30-15-5-2-6-16-30)45(33)43-28-42-38-24-12-23-37-39-25-31-17-7-8-18-32(31)26-40(39)44(46(37)38)27-41(42)35-19-9-10-20-36(35)43/h1-28H. The SMILES string of the molecule is c1ccc(-c2cccc(-c3ccccc3)c2-c2cc3c4cccc5c4c(cc3c3ccccc23)-c2cc3ccccc3cc2-5)cc1. The van der Waals surface area contributed by atoms with E-state index in [1.807, 2.05) is 0 Å². The summed E-state index contributed by atoms with van der Waals surface area (Å²) in [5.74, 6) is 0. The van der Waals surface area contributed by atoms with Crippen LogP contribution in [0.5, 0.6) is 0 Å². The molecule has 0 nitrogen and oxygen atoms in total. The molecule has 0 N–H and O–H groups in total. The van der Waals surface area contributed by atoms with Gasteiger partial charge in [0.05, 0.1) is 0 Å². The highest BCUT2D eigenvalue weighted by molar-refractivity contribution is 6.29. The maximum Gasteiger partial charge on any atom is -0.00199 e. The molecule has 1 aliphatic carbocycles. The van der Waals surface area contributed by atoms with Crippen LogP contribution in [0.3, 0.4) is 0 Å². The lowest BCUT2D eigenvalue weighted by atomic mass is 9.83. The Morgan fingerprint density at radius 3 is 1.39 bits per heavy atom.